The van der Waals surface area contributed by atoms with Crippen LogP contribution in [0.1, 0.15) is 70.8 Å². The third-order valence-corrected chi connectivity index (χ3v) is 8.59. The molecule has 5 rings (SSSR count). The zero-order valence-corrected chi connectivity index (χ0v) is 20.3. The lowest BCUT2D eigenvalue weighted by molar-refractivity contribution is -0.144. The smallest absolute Gasteiger partial charge is 0.306 e. The van der Waals surface area contributed by atoms with Gasteiger partial charge in [-0.05, 0) is 90.3 Å². The Hall–Kier alpha value is -2.07. The third-order valence-electron chi connectivity index (χ3n) is 8.59. The molecular weight excluding hydrogens is 410 g/mol. The molecule has 4 heteroatoms. The summed E-state index contributed by atoms with van der Waals surface area (Å²) in [5.74, 6) is 1.57. The highest BCUT2D eigenvalue weighted by Crippen LogP contribution is 2.39. The van der Waals surface area contributed by atoms with Crippen molar-refractivity contribution in [1.82, 2.24) is 4.90 Å². The van der Waals surface area contributed by atoms with Gasteiger partial charge in [0.1, 0.15) is 5.75 Å². The Morgan fingerprint density at radius 1 is 1.00 bits per heavy atom. The minimum absolute atomic E-state index is 0.114. The van der Waals surface area contributed by atoms with Crippen molar-refractivity contribution in [1.29, 1.82) is 0 Å². The number of fused-ring (bicyclic) bond motifs is 1. The Balaban J connectivity index is 1.14. The molecule has 0 aromatic heterocycles. The van der Waals surface area contributed by atoms with Crippen LogP contribution < -0.4 is 4.74 Å². The van der Waals surface area contributed by atoms with E-state index in [1.807, 2.05) is 0 Å². The Morgan fingerprint density at radius 3 is 2.48 bits per heavy atom. The first-order valence-electron chi connectivity index (χ1n) is 13.0. The second kappa shape index (κ2) is 9.29. The summed E-state index contributed by atoms with van der Waals surface area (Å²) in [6.45, 7) is 7.93. The van der Waals surface area contributed by atoms with Crippen molar-refractivity contribution in [3.8, 4) is 5.75 Å². The normalized spacial score (nSPS) is 26.7. The number of aliphatic carboxylic acids is 1. The molecule has 1 aliphatic heterocycles. The van der Waals surface area contributed by atoms with Gasteiger partial charge in [0.05, 0.1) is 12.0 Å². The number of carbonyl (C=O) groups is 1. The summed E-state index contributed by atoms with van der Waals surface area (Å²) in [5.41, 5.74) is 1.82. The zero-order valence-electron chi connectivity index (χ0n) is 20.3. The molecule has 4 nitrogen and oxygen atoms in total. The molecule has 0 radical (unpaired) electrons. The molecule has 33 heavy (non-hydrogen) atoms. The van der Waals surface area contributed by atoms with Gasteiger partial charge in [-0.3, -0.25) is 9.69 Å². The molecule has 0 amide bonds. The third kappa shape index (κ3) is 5.37. The largest absolute Gasteiger partial charge is 0.490 e. The Bertz CT molecular complexity index is 984. The van der Waals surface area contributed by atoms with Gasteiger partial charge in [-0.25, -0.2) is 0 Å². The van der Waals surface area contributed by atoms with E-state index in [0.29, 0.717) is 23.4 Å². The number of likely N-dealkylation sites (tertiary alicyclic amines) is 1. The summed E-state index contributed by atoms with van der Waals surface area (Å²) >= 11 is 0. The zero-order chi connectivity index (χ0) is 23.0. The number of benzene rings is 2. The van der Waals surface area contributed by atoms with E-state index in [1.165, 1.54) is 35.6 Å². The maximum absolute atomic E-state index is 11.4. The van der Waals surface area contributed by atoms with Gasteiger partial charge < -0.3 is 9.84 Å². The van der Waals surface area contributed by atoms with Crippen LogP contribution in [0.2, 0.25) is 0 Å². The fourth-order valence-electron chi connectivity index (χ4n) is 6.30. The van der Waals surface area contributed by atoms with Crippen LogP contribution in [0.25, 0.3) is 10.8 Å². The highest BCUT2D eigenvalue weighted by Gasteiger charge is 2.37. The first-order chi connectivity index (χ1) is 15.8. The van der Waals surface area contributed by atoms with Gasteiger partial charge in [0.25, 0.3) is 0 Å². The maximum atomic E-state index is 11.4. The number of ether oxygens (including phenoxy) is 1. The van der Waals surface area contributed by atoms with Crippen LogP contribution in [-0.4, -0.2) is 35.2 Å². The number of rotatable bonds is 6. The number of carboxylic acids is 1. The summed E-state index contributed by atoms with van der Waals surface area (Å²) in [5, 5.41) is 11.9. The van der Waals surface area contributed by atoms with Gasteiger partial charge in [0.15, 0.2) is 0 Å². The molecule has 0 spiro atoms. The van der Waals surface area contributed by atoms with Crippen LogP contribution in [0.3, 0.4) is 0 Å². The van der Waals surface area contributed by atoms with E-state index >= 15 is 0 Å². The van der Waals surface area contributed by atoms with E-state index in [-0.39, 0.29) is 5.92 Å². The van der Waals surface area contributed by atoms with E-state index in [2.05, 4.69) is 55.1 Å². The lowest BCUT2D eigenvalue weighted by atomic mass is 9.72. The molecule has 1 saturated heterocycles. The molecule has 1 heterocycles. The summed E-state index contributed by atoms with van der Waals surface area (Å²) < 4.78 is 6.32. The second-order valence-corrected chi connectivity index (χ2v) is 11.7. The van der Waals surface area contributed by atoms with Gasteiger partial charge in [-0.2, -0.15) is 0 Å². The SMILES string of the molecule is CC1(C)CCC(Oc2ccc3cc(CN4CC([C@@H]5CCC[C@H](C(=O)O)C5)C4)ccc3c2)CC1. The molecule has 0 bridgehead atoms. The van der Waals surface area contributed by atoms with Gasteiger partial charge >= 0.3 is 5.97 Å². The molecule has 1 N–H and O–H groups in total. The van der Waals surface area contributed by atoms with Gasteiger partial charge in [0.2, 0.25) is 0 Å². The highest BCUT2D eigenvalue weighted by molar-refractivity contribution is 5.84. The number of nitrogens with zero attached hydrogens (tertiary/aromatic N) is 1. The molecule has 2 aliphatic carbocycles. The quantitative estimate of drug-likeness (QED) is 0.546. The van der Waals surface area contributed by atoms with Gasteiger partial charge in [-0.15, -0.1) is 0 Å². The maximum Gasteiger partial charge on any atom is 0.306 e. The molecule has 3 fully saturated rings. The minimum Gasteiger partial charge on any atom is -0.490 e. The fourth-order valence-corrected chi connectivity index (χ4v) is 6.30. The van der Waals surface area contributed by atoms with E-state index in [4.69, 9.17) is 4.74 Å². The van der Waals surface area contributed by atoms with E-state index in [1.54, 1.807) is 0 Å². The van der Waals surface area contributed by atoms with Crippen molar-refractivity contribution in [2.24, 2.45) is 23.2 Å². The predicted molar refractivity (Wildman–Crippen MR) is 132 cm³/mol. The first kappa shape index (κ1) is 22.7. The molecule has 2 saturated carbocycles. The lowest BCUT2D eigenvalue weighted by Crippen LogP contribution is -2.50. The van der Waals surface area contributed by atoms with Crippen molar-refractivity contribution in [2.45, 2.75) is 77.9 Å². The monoisotopic (exact) mass is 449 g/mol. The Kier molecular flexibility index (Phi) is 6.39. The molecule has 0 unspecified atom stereocenters. The minimum atomic E-state index is -0.594. The van der Waals surface area contributed by atoms with Crippen LogP contribution in [0.15, 0.2) is 36.4 Å². The Labute approximate surface area is 198 Å². The standard InChI is InChI=1S/C29H39NO3/c1-29(2)12-10-26(11-13-29)33-27-9-8-22-14-20(6-7-23(22)16-27)17-30-18-25(19-30)21-4-3-5-24(15-21)28(31)32/h6-9,14,16,21,24-26H,3-5,10-13,15,17-19H2,1-2H3,(H,31,32)/t21-,24+/m1/s1. The first-order valence-corrected chi connectivity index (χ1v) is 13.0. The molecule has 178 valence electrons. The van der Waals surface area contributed by atoms with Crippen molar-refractivity contribution in [2.75, 3.05) is 13.1 Å². The van der Waals surface area contributed by atoms with E-state index in [9.17, 15) is 9.90 Å². The van der Waals surface area contributed by atoms with E-state index in [0.717, 1.165) is 57.5 Å². The summed E-state index contributed by atoms with van der Waals surface area (Å²) in [7, 11) is 0. The predicted octanol–water partition coefficient (Wildman–Crippen LogP) is 6.51. The van der Waals surface area contributed by atoms with Gasteiger partial charge in [-0.1, -0.05) is 44.9 Å². The molecule has 2 atom stereocenters. The van der Waals surface area contributed by atoms with Crippen molar-refractivity contribution in [3.63, 3.8) is 0 Å². The summed E-state index contributed by atoms with van der Waals surface area (Å²) in [6, 6.07) is 13.3. The molecule has 2 aromatic carbocycles. The van der Waals surface area contributed by atoms with Crippen LogP contribution >= 0.6 is 0 Å². The van der Waals surface area contributed by atoms with Gasteiger partial charge in [0, 0.05) is 19.6 Å². The highest BCUT2D eigenvalue weighted by atomic mass is 16.5. The Morgan fingerprint density at radius 2 is 1.73 bits per heavy atom. The fraction of sp³-hybridized carbons (Fsp3) is 0.621. The van der Waals surface area contributed by atoms with Crippen molar-refractivity contribution < 1.29 is 14.6 Å². The van der Waals surface area contributed by atoms with Crippen LogP contribution in [-0.2, 0) is 11.3 Å². The average Bonchev–Trinajstić information content (AvgIpc) is 2.77. The molecule has 3 aliphatic rings. The molecular formula is C29H39NO3. The summed E-state index contributed by atoms with van der Waals surface area (Å²) in [4.78, 5) is 13.9. The van der Waals surface area contributed by atoms with Crippen LogP contribution in [0.4, 0.5) is 0 Å². The summed E-state index contributed by atoms with van der Waals surface area (Å²) in [6.07, 6.45) is 9.17. The number of carboxylic acid groups (broad SMARTS) is 1. The van der Waals surface area contributed by atoms with Crippen molar-refractivity contribution in [3.05, 3.63) is 42.0 Å². The topological polar surface area (TPSA) is 49.8 Å². The number of hydrogen-bond acceptors (Lipinski definition) is 3. The lowest BCUT2D eigenvalue weighted by Gasteiger charge is -2.45. The second-order valence-electron chi connectivity index (χ2n) is 11.7. The number of hydrogen-bond donors (Lipinski definition) is 1. The molecule has 2 aromatic rings. The van der Waals surface area contributed by atoms with Crippen molar-refractivity contribution >= 4 is 16.7 Å². The average molecular weight is 450 g/mol. The van der Waals surface area contributed by atoms with Crippen LogP contribution in [0.5, 0.6) is 5.75 Å². The van der Waals surface area contributed by atoms with E-state index < -0.39 is 5.97 Å². The van der Waals surface area contributed by atoms with Crippen LogP contribution in [0, 0.1) is 23.2 Å².